The quantitative estimate of drug-likeness (QED) is 0.560. The molecule has 0 aliphatic rings. The molecule has 1 heterocycles. The summed E-state index contributed by atoms with van der Waals surface area (Å²) < 4.78 is -0.00398. The molecule has 0 saturated heterocycles. The van der Waals surface area contributed by atoms with Gasteiger partial charge in [0.05, 0.1) is 0 Å². The molecule has 0 fully saturated rings. The standard InChI is InChI=1S/C7H6INO/c1-5-3-2-4-9-6(5)7(8)10/h2-4H,1H3. The van der Waals surface area contributed by atoms with E-state index in [2.05, 4.69) is 4.98 Å². The van der Waals surface area contributed by atoms with Crippen molar-refractivity contribution in [2.45, 2.75) is 6.92 Å². The van der Waals surface area contributed by atoms with E-state index in [9.17, 15) is 4.79 Å². The predicted molar refractivity (Wildman–Crippen MR) is 47.3 cm³/mol. The van der Waals surface area contributed by atoms with Gasteiger partial charge in [-0.05, 0) is 18.6 Å². The molecule has 0 radical (unpaired) electrons. The van der Waals surface area contributed by atoms with Crippen LogP contribution >= 0.6 is 22.6 Å². The van der Waals surface area contributed by atoms with E-state index in [4.69, 9.17) is 0 Å². The van der Waals surface area contributed by atoms with Crippen LogP contribution in [0.1, 0.15) is 16.1 Å². The van der Waals surface area contributed by atoms with Crippen LogP contribution in [0.3, 0.4) is 0 Å². The zero-order valence-corrected chi connectivity index (χ0v) is 7.62. The third kappa shape index (κ3) is 1.53. The first-order valence-corrected chi connectivity index (χ1v) is 3.91. The molecule has 0 saturated carbocycles. The Morgan fingerprint density at radius 1 is 1.70 bits per heavy atom. The van der Waals surface area contributed by atoms with Gasteiger partial charge in [-0.25, -0.2) is 0 Å². The maximum Gasteiger partial charge on any atom is 0.240 e. The topological polar surface area (TPSA) is 30.0 Å². The van der Waals surface area contributed by atoms with Crippen molar-refractivity contribution in [3.05, 3.63) is 29.6 Å². The molecule has 1 aromatic heterocycles. The fourth-order valence-electron chi connectivity index (χ4n) is 0.691. The molecule has 0 spiro atoms. The fraction of sp³-hybridized carbons (Fsp3) is 0.143. The second kappa shape index (κ2) is 3.09. The highest BCUT2D eigenvalue weighted by atomic mass is 127. The number of rotatable bonds is 1. The second-order valence-electron chi connectivity index (χ2n) is 1.94. The van der Waals surface area contributed by atoms with Crippen molar-refractivity contribution in [1.29, 1.82) is 0 Å². The van der Waals surface area contributed by atoms with Gasteiger partial charge in [0.15, 0.2) is 0 Å². The van der Waals surface area contributed by atoms with Crippen LogP contribution in [-0.2, 0) is 0 Å². The largest absolute Gasteiger partial charge is 0.280 e. The first-order valence-electron chi connectivity index (χ1n) is 2.83. The number of carbonyl (C=O) groups excluding carboxylic acids is 1. The van der Waals surface area contributed by atoms with Crippen LogP contribution in [0, 0.1) is 6.92 Å². The van der Waals surface area contributed by atoms with Crippen molar-refractivity contribution in [2.75, 3.05) is 0 Å². The monoisotopic (exact) mass is 247 g/mol. The van der Waals surface area contributed by atoms with Gasteiger partial charge in [0.2, 0.25) is 3.79 Å². The Balaban J connectivity index is 3.15. The van der Waals surface area contributed by atoms with Crippen LogP contribution in [0.5, 0.6) is 0 Å². The average molecular weight is 247 g/mol. The molecule has 3 heteroatoms. The van der Waals surface area contributed by atoms with Crippen LogP contribution in [0.2, 0.25) is 0 Å². The Labute approximate surface area is 72.8 Å². The molecule has 1 aromatic rings. The van der Waals surface area contributed by atoms with E-state index in [1.165, 1.54) is 0 Å². The number of pyridine rings is 1. The third-order valence-corrected chi connectivity index (χ3v) is 1.71. The van der Waals surface area contributed by atoms with Gasteiger partial charge in [0, 0.05) is 28.8 Å². The Morgan fingerprint density at radius 2 is 2.40 bits per heavy atom. The number of halogens is 1. The number of hydrogen-bond donors (Lipinski definition) is 0. The lowest BCUT2D eigenvalue weighted by molar-refractivity contribution is 0.110. The summed E-state index contributed by atoms with van der Waals surface area (Å²) in [5, 5.41) is 0. The van der Waals surface area contributed by atoms with Gasteiger partial charge in [-0.2, -0.15) is 0 Å². The molecule has 0 amide bonds. The second-order valence-corrected chi connectivity index (χ2v) is 2.92. The van der Waals surface area contributed by atoms with Gasteiger partial charge in [-0.3, -0.25) is 9.78 Å². The minimum Gasteiger partial charge on any atom is -0.280 e. The maximum atomic E-state index is 10.8. The SMILES string of the molecule is Cc1cccnc1C(=O)I. The highest BCUT2D eigenvalue weighted by molar-refractivity contribution is 14.1. The molecule has 1 rings (SSSR count). The summed E-state index contributed by atoms with van der Waals surface area (Å²) in [6.45, 7) is 1.87. The summed E-state index contributed by atoms with van der Waals surface area (Å²) in [5.74, 6) is 0. The van der Waals surface area contributed by atoms with E-state index in [0.717, 1.165) is 5.56 Å². The molecule has 0 N–H and O–H groups in total. The molecule has 0 aromatic carbocycles. The summed E-state index contributed by atoms with van der Waals surface area (Å²) in [6.07, 6.45) is 1.62. The summed E-state index contributed by atoms with van der Waals surface area (Å²) >= 11 is 1.73. The number of aryl methyl sites for hydroxylation is 1. The summed E-state index contributed by atoms with van der Waals surface area (Å²) in [5.41, 5.74) is 1.49. The lowest BCUT2D eigenvalue weighted by atomic mass is 10.2. The van der Waals surface area contributed by atoms with Gasteiger partial charge in [0.1, 0.15) is 5.69 Å². The Bertz CT molecular complexity index is 260. The maximum absolute atomic E-state index is 10.8. The van der Waals surface area contributed by atoms with Crippen molar-refractivity contribution >= 4 is 26.4 Å². The molecule has 0 atom stereocenters. The molecule has 0 aliphatic heterocycles. The van der Waals surface area contributed by atoms with E-state index in [1.54, 1.807) is 28.8 Å². The molecule has 2 nitrogen and oxygen atoms in total. The third-order valence-electron chi connectivity index (χ3n) is 1.20. The molecule has 52 valence electrons. The lowest BCUT2D eigenvalue weighted by Crippen LogP contribution is -1.95. The number of carbonyl (C=O) groups is 1. The van der Waals surface area contributed by atoms with Crippen LogP contribution in [-0.4, -0.2) is 8.77 Å². The summed E-state index contributed by atoms with van der Waals surface area (Å²) in [4.78, 5) is 14.7. The van der Waals surface area contributed by atoms with E-state index in [1.807, 2.05) is 19.1 Å². The predicted octanol–water partition coefficient (Wildman–Crippen LogP) is 1.97. The average Bonchev–Trinajstić information content (AvgIpc) is 1.88. The number of aromatic nitrogens is 1. The highest BCUT2D eigenvalue weighted by Crippen LogP contribution is 2.07. The van der Waals surface area contributed by atoms with Crippen molar-refractivity contribution in [3.8, 4) is 0 Å². The highest BCUT2D eigenvalue weighted by Gasteiger charge is 2.03. The smallest absolute Gasteiger partial charge is 0.240 e. The Morgan fingerprint density at radius 3 is 2.80 bits per heavy atom. The first-order chi connectivity index (χ1) is 4.72. The number of nitrogens with zero attached hydrogens (tertiary/aromatic N) is 1. The van der Waals surface area contributed by atoms with Crippen molar-refractivity contribution in [3.63, 3.8) is 0 Å². The lowest BCUT2D eigenvalue weighted by Gasteiger charge is -1.95. The van der Waals surface area contributed by atoms with E-state index in [-0.39, 0.29) is 3.79 Å². The minimum atomic E-state index is -0.00398. The van der Waals surface area contributed by atoms with E-state index >= 15 is 0 Å². The molecular weight excluding hydrogens is 241 g/mol. The summed E-state index contributed by atoms with van der Waals surface area (Å²) in [6, 6.07) is 3.69. The number of hydrogen-bond acceptors (Lipinski definition) is 2. The molecule has 0 aliphatic carbocycles. The van der Waals surface area contributed by atoms with Gasteiger partial charge < -0.3 is 0 Å². The Hall–Kier alpha value is -0.450. The zero-order chi connectivity index (χ0) is 7.56. The zero-order valence-electron chi connectivity index (χ0n) is 5.47. The van der Waals surface area contributed by atoms with Crippen LogP contribution < -0.4 is 0 Å². The van der Waals surface area contributed by atoms with Crippen LogP contribution in [0.4, 0.5) is 0 Å². The molecule has 0 unspecified atom stereocenters. The first kappa shape index (κ1) is 7.65. The molecule has 0 bridgehead atoms. The minimum absolute atomic E-state index is 0.00398. The van der Waals surface area contributed by atoms with Crippen LogP contribution in [0.15, 0.2) is 18.3 Å². The van der Waals surface area contributed by atoms with E-state index in [0.29, 0.717) is 5.69 Å². The van der Waals surface area contributed by atoms with E-state index < -0.39 is 0 Å². The van der Waals surface area contributed by atoms with Crippen molar-refractivity contribution in [1.82, 2.24) is 4.98 Å². The van der Waals surface area contributed by atoms with Gasteiger partial charge >= 0.3 is 0 Å². The molecular formula is C7H6INO. The Kier molecular flexibility index (Phi) is 2.37. The van der Waals surface area contributed by atoms with Gasteiger partial charge in [0.25, 0.3) is 0 Å². The van der Waals surface area contributed by atoms with Crippen LogP contribution in [0.25, 0.3) is 0 Å². The van der Waals surface area contributed by atoms with Gasteiger partial charge in [-0.15, -0.1) is 0 Å². The molecule has 10 heavy (non-hydrogen) atoms. The van der Waals surface area contributed by atoms with Gasteiger partial charge in [-0.1, -0.05) is 6.07 Å². The summed E-state index contributed by atoms with van der Waals surface area (Å²) in [7, 11) is 0. The van der Waals surface area contributed by atoms with Crippen molar-refractivity contribution < 1.29 is 4.79 Å². The fourth-order valence-corrected chi connectivity index (χ4v) is 1.26. The van der Waals surface area contributed by atoms with Crippen molar-refractivity contribution in [2.24, 2.45) is 0 Å². The normalized spacial score (nSPS) is 9.40.